The van der Waals surface area contributed by atoms with Crippen LogP contribution >= 0.6 is 11.3 Å². The Labute approximate surface area is 213 Å². The van der Waals surface area contributed by atoms with Crippen LogP contribution in [0, 0.1) is 11.8 Å². The predicted octanol–water partition coefficient (Wildman–Crippen LogP) is 5.33. The second-order valence-corrected chi connectivity index (χ2v) is 10.8. The zero-order valence-corrected chi connectivity index (χ0v) is 22.0. The van der Waals surface area contributed by atoms with Crippen LogP contribution in [0.4, 0.5) is 0 Å². The van der Waals surface area contributed by atoms with Crippen LogP contribution in [0.15, 0.2) is 35.7 Å². The monoisotopic (exact) mass is 498 g/mol. The first-order valence-electron chi connectivity index (χ1n) is 12.9. The van der Waals surface area contributed by atoms with E-state index in [9.17, 15) is 9.59 Å². The van der Waals surface area contributed by atoms with Gasteiger partial charge in [0.25, 0.3) is 0 Å². The van der Waals surface area contributed by atoms with Gasteiger partial charge in [-0.15, -0.1) is 11.3 Å². The Bertz CT molecular complexity index is 1000. The predicted molar refractivity (Wildman–Crippen MR) is 139 cm³/mol. The summed E-state index contributed by atoms with van der Waals surface area (Å²) >= 11 is 1.74. The zero-order chi connectivity index (χ0) is 24.8. The fourth-order valence-corrected chi connectivity index (χ4v) is 6.13. The molecular formula is C28H38N2O4S. The third-order valence-electron chi connectivity index (χ3n) is 7.45. The number of ether oxygens (including phenoxy) is 2. The van der Waals surface area contributed by atoms with Gasteiger partial charge in [-0.05, 0) is 54.3 Å². The van der Waals surface area contributed by atoms with Gasteiger partial charge in [0.2, 0.25) is 11.8 Å². The first-order valence-corrected chi connectivity index (χ1v) is 13.8. The van der Waals surface area contributed by atoms with Crippen LogP contribution in [0.3, 0.4) is 0 Å². The molecule has 0 spiro atoms. The summed E-state index contributed by atoms with van der Waals surface area (Å²) in [4.78, 5) is 32.2. The van der Waals surface area contributed by atoms with Gasteiger partial charge in [-0.1, -0.05) is 45.2 Å². The van der Waals surface area contributed by atoms with Gasteiger partial charge in [0.15, 0.2) is 11.5 Å². The molecule has 0 N–H and O–H groups in total. The van der Waals surface area contributed by atoms with Crippen molar-refractivity contribution in [3.63, 3.8) is 0 Å². The maximum absolute atomic E-state index is 13.7. The van der Waals surface area contributed by atoms with Crippen molar-refractivity contribution in [2.24, 2.45) is 11.8 Å². The molecule has 2 aliphatic rings. The van der Waals surface area contributed by atoms with Crippen LogP contribution in [0.2, 0.25) is 0 Å². The third-order valence-corrected chi connectivity index (χ3v) is 8.45. The number of hydrogen-bond donors (Lipinski definition) is 0. The van der Waals surface area contributed by atoms with Crippen molar-refractivity contribution < 1.29 is 19.1 Å². The van der Waals surface area contributed by atoms with Crippen LogP contribution in [0.25, 0.3) is 0 Å². The zero-order valence-electron chi connectivity index (χ0n) is 21.2. The van der Waals surface area contributed by atoms with Crippen molar-refractivity contribution in [2.75, 3.05) is 33.4 Å². The van der Waals surface area contributed by atoms with Crippen molar-refractivity contribution in [1.82, 2.24) is 9.80 Å². The van der Waals surface area contributed by atoms with E-state index in [2.05, 4.69) is 25.3 Å². The maximum Gasteiger partial charge on any atom is 0.242 e. The summed E-state index contributed by atoms with van der Waals surface area (Å²) in [5.74, 6) is 1.94. The smallest absolute Gasteiger partial charge is 0.242 e. The lowest BCUT2D eigenvalue weighted by Crippen LogP contribution is -2.49. The van der Waals surface area contributed by atoms with E-state index in [1.54, 1.807) is 18.4 Å². The highest BCUT2D eigenvalue weighted by atomic mass is 32.1. The summed E-state index contributed by atoms with van der Waals surface area (Å²) in [6.45, 7) is 6.06. The van der Waals surface area contributed by atoms with Crippen LogP contribution in [0.5, 0.6) is 11.5 Å². The van der Waals surface area contributed by atoms with Gasteiger partial charge in [-0.3, -0.25) is 9.59 Å². The Morgan fingerprint density at radius 2 is 1.91 bits per heavy atom. The quantitative estimate of drug-likeness (QED) is 0.444. The fraction of sp³-hybridized carbons (Fsp3) is 0.571. The van der Waals surface area contributed by atoms with E-state index in [0.717, 1.165) is 44.1 Å². The van der Waals surface area contributed by atoms with Gasteiger partial charge in [-0.2, -0.15) is 0 Å². The fourth-order valence-electron chi connectivity index (χ4n) is 5.20. The minimum Gasteiger partial charge on any atom is -0.493 e. The number of methoxy groups -OCH3 is 1. The normalized spacial score (nSPS) is 18.7. The minimum absolute atomic E-state index is 0.00475. The van der Waals surface area contributed by atoms with Crippen LogP contribution in [-0.4, -0.2) is 55.0 Å². The number of rotatable bonds is 10. The Kier molecular flexibility index (Phi) is 8.71. The lowest BCUT2D eigenvalue weighted by atomic mass is 10.00. The van der Waals surface area contributed by atoms with E-state index in [4.69, 9.17) is 9.47 Å². The molecule has 7 heteroatoms. The molecule has 35 heavy (non-hydrogen) atoms. The van der Waals surface area contributed by atoms with Crippen LogP contribution < -0.4 is 9.47 Å². The SMILES string of the molecule is CC[C@H](C)CN(CC(=O)N1CCc2sccc2[C@H]1COc1ccccc1OC)C(=O)C1CCCC1. The molecule has 0 unspecified atom stereocenters. The molecule has 2 aromatic rings. The van der Waals surface area contributed by atoms with Crippen LogP contribution in [-0.2, 0) is 16.0 Å². The van der Waals surface area contributed by atoms with Crippen molar-refractivity contribution >= 4 is 23.2 Å². The molecule has 1 fully saturated rings. The molecule has 0 radical (unpaired) electrons. The number of carbonyl (C=O) groups excluding carboxylic acids is 2. The first-order chi connectivity index (χ1) is 17.0. The number of amides is 2. The average molecular weight is 499 g/mol. The highest BCUT2D eigenvalue weighted by Gasteiger charge is 2.35. The molecule has 0 bridgehead atoms. The molecule has 1 aromatic heterocycles. The van der Waals surface area contributed by atoms with Gasteiger partial charge >= 0.3 is 0 Å². The average Bonchev–Trinajstić information content (AvgIpc) is 3.59. The number of nitrogens with zero attached hydrogens (tertiary/aromatic N) is 2. The Morgan fingerprint density at radius 1 is 1.17 bits per heavy atom. The molecule has 1 aliphatic carbocycles. The molecule has 2 atom stereocenters. The number of benzene rings is 1. The number of para-hydroxylation sites is 2. The molecule has 1 aliphatic heterocycles. The third kappa shape index (κ3) is 6.00. The molecular weight excluding hydrogens is 460 g/mol. The van der Waals surface area contributed by atoms with Gasteiger partial charge in [0, 0.05) is 23.9 Å². The molecule has 1 aromatic carbocycles. The summed E-state index contributed by atoms with van der Waals surface area (Å²) in [5.41, 5.74) is 1.15. The highest BCUT2D eigenvalue weighted by Crippen LogP contribution is 2.35. The van der Waals surface area contributed by atoms with E-state index in [1.807, 2.05) is 34.1 Å². The second kappa shape index (κ2) is 11.9. The second-order valence-electron chi connectivity index (χ2n) is 9.83. The van der Waals surface area contributed by atoms with E-state index >= 15 is 0 Å². The summed E-state index contributed by atoms with van der Waals surface area (Å²) in [6.07, 6.45) is 5.93. The maximum atomic E-state index is 13.7. The van der Waals surface area contributed by atoms with Crippen molar-refractivity contribution in [3.05, 3.63) is 46.2 Å². The van der Waals surface area contributed by atoms with Gasteiger partial charge in [0.05, 0.1) is 19.7 Å². The van der Waals surface area contributed by atoms with E-state index in [0.29, 0.717) is 37.1 Å². The van der Waals surface area contributed by atoms with Gasteiger partial charge < -0.3 is 19.3 Å². The number of carbonyl (C=O) groups is 2. The highest BCUT2D eigenvalue weighted by molar-refractivity contribution is 7.10. The molecule has 4 rings (SSSR count). The number of fused-ring (bicyclic) bond motifs is 1. The van der Waals surface area contributed by atoms with Crippen molar-refractivity contribution in [3.8, 4) is 11.5 Å². The van der Waals surface area contributed by atoms with Crippen molar-refractivity contribution in [1.29, 1.82) is 0 Å². The topological polar surface area (TPSA) is 59.1 Å². The van der Waals surface area contributed by atoms with Crippen molar-refractivity contribution in [2.45, 2.75) is 58.4 Å². The Morgan fingerprint density at radius 3 is 2.63 bits per heavy atom. The lowest BCUT2D eigenvalue weighted by Gasteiger charge is -2.37. The van der Waals surface area contributed by atoms with E-state index in [-0.39, 0.29) is 30.3 Å². The minimum atomic E-state index is -0.186. The Hall–Kier alpha value is -2.54. The van der Waals surface area contributed by atoms with Gasteiger partial charge in [0.1, 0.15) is 6.61 Å². The lowest BCUT2D eigenvalue weighted by molar-refractivity contribution is -0.145. The molecule has 190 valence electrons. The molecule has 2 heterocycles. The molecule has 6 nitrogen and oxygen atoms in total. The van der Waals surface area contributed by atoms with Crippen LogP contribution in [0.1, 0.15) is 62.4 Å². The molecule has 2 amide bonds. The van der Waals surface area contributed by atoms with Gasteiger partial charge in [-0.25, -0.2) is 0 Å². The molecule has 1 saturated carbocycles. The summed E-state index contributed by atoms with van der Waals surface area (Å²) in [5, 5.41) is 2.09. The number of hydrogen-bond acceptors (Lipinski definition) is 5. The van der Waals surface area contributed by atoms with E-state index < -0.39 is 0 Å². The standard InChI is InChI=1S/C28H38N2O4S/c1-4-20(2)17-29(28(32)21-9-5-6-10-21)18-27(31)30-15-13-26-22(14-16-35-26)23(30)19-34-25-12-8-7-11-24(25)33-3/h7-8,11-12,14,16,20-21,23H,4-6,9-10,13,15,17-19H2,1-3H3/t20-,23+/m0/s1. The summed E-state index contributed by atoms with van der Waals surface area (Å²) in [6, 6.07) is 9.50. The first kappa shape index (κ1) is 25.5. The molecule has 0 saturated heterocycles. The summed E-state index contributed by atoms with van der Waals surface area (Å²) in [7, 11) is 1.63. The largest absolute Gasteiger partial charge is 0.493 e. The number of thiophene rings is 1. The Balaban J connectivity index is 1.51. The summed E-state index contributed by atoms with van der Waals surface area (Å²) < 4.78 is 11.6. The van der Waals surface area contributed by atoms with E-state index in [1.165, 1.54) is 4.88 Å².